The lowest BCUT2D eigenvalue weighted by Crippen LogP contribution is -2.33. The van der Waals surface area contributed by atoms with Crippen LogP contribution in [-0.4, -0.2) is 14.2 Å². The summed E-state index contributed by atoms with van der Waals surface area (Å²) in [7, 11) is 3.47. The van der Waals surface area contributed by atoms with Gasteiger partial charge in [-0.15, -0.1) is 0 Å². The summed E-state index contributed by atoms with van der Waals surface area (Å²) in [5.74, 6) is 0. The van der Waals surface area contributed by atoms with Gasteiger partial charge < -0.3 is 9.47 Å². The average molecular weight is 544 g/mol. The molecule has 3 rings (SSSR count). The van der Waals surface area contributed by atoms with Crippen LogP contribution in [0.4, 0.5) is 0 Å². The van der Waals surface area contributed by atoms with Gasteiger partial charge in [-0.1, -0.05) is 24.3 Å². The zero-order valence-electron chi connectivity index (χ0n) is 13.5. The molecule has 0 radical (unpaired) electrons. The smallest absolute Gasteiger partial charge is 0.129 e. The van der Waals surface area contributed by atoms with Gasteiger partial charge in [-0.3, -0.25) is 0 Å². The first kappa shape index (κ1) is 18.1. The van der Waals surface area contributed by atoms with Gasteiger partial charge in [-0.25, -0.2) is 0 Å². The van der Waals surface area contributed by atoms with Gasteiger partial charge >= 0.3 is 0 Å². The number of methoxy groups -OCH3 is 2. The van der Waals surface area contributed by atoms with Crippen LogP contribution in [0.3, 0.4) is 0 Å². The second kappa shape index (κ2) is 7.27. The monoisotopic (exact) mass is 544 g/mol. The van der Waals surface area contributed by atoms with Crippen LogP contribution in [0.15, 0.2) is 72.8 Å². The molecular formula is C20H18I2O2. The molecule has 2 nitrogen and oxygen atoms in total. The third-order valence-electron chi connectivity index (χ3n) is 4.42. The van der Waals surface area contributed by atoms with Gasteiger partial charge in [0, 0.05) is 21.4 Å². The van der Waals surface area contributed by atoms with Crippen molar-refractivity contribution in [3.63, 3.8) is 0 Å². The zero-order valence-corrected chi connectivity index (χ0v) is 17.8. The molecule has 0 saturated carbocycles. The molecule has 0 aromatic heterocycles. The maximum atomic E-state index is 5.86. The van der Waals surface area contributed by atoms with Crippen LogP contribution in [0.25, 0.3) is 0 Å². The molecule has 0 N–H and O–H groups in total. The van der Waals surface area contributed by atoms with E-state index in [2.05, 4.69) is 118 Å². The molecule has 24 heavy (non-hydrogen) atoms. The maximum Gasteiger partial charge on any atom is 0.129 e. The fraction of sp³-hybridized carbons (Fsp3) is 0.200. The van der Waals surface area contributed by atoms with Gasteiger partial charge in [0.25, 0.3) is 0 Å². The van der Waals surface area contributed by atoms with Crippen LogP contribution in [-0.2, 0) is 20.7 Å². The Hall–Kier alpha value is -0.700. The maximum absolute atomic E-state index is 5.86. The topological polar surface area (TPSA) is 18.5 Å². The first-order chi connectivity index (χ1) is 11.5. The van der Waals surface area contributed by atoms with E-state index in [0.29, 0.717) is 0 Å². The Morgan fingerprint density at radius 1 is 0.583 bits per heavy atom. The van der Waals surface area contributed by atoms with Crippen molar-refractivity contribution in [2.75, 3.05) is 14.2 Å². The Labute approximate surface area is 170 Å². The lowest BCUT2D eigenvalue weighted by molar-refractivity contribution is 0.0421. The summed E-state index contributed by atoms with van der Waals surface area (Å²) >= 11 is 4.62. The van der Waals surface area contributed by atoms with Crippen molar-refractivity contribution in [1.29, 1.82) is 0 Å². The van der Waals surface area contributed by atoms with Crippen LogP contribution in [0.2, 0.25) is 0 Å². The number of hydrogen-bond acceptors (Lipinski definition) is 2. The standard InChI is InChI=1S/C20H18I2O2/c1-23-19(15-3-7-17(21)8-4-15)11-13-20(24-2,14-12-19)16-5-9-18(22)10-6-16/h3-14H,1-2H3/t19-,20+. The molecule has 1 aliphatic carbocycles. The summed E-state index contributed by atoms with van der Waals surface area (Å²) in [5, 5.41) is 0. The van der Waals surface area contributed by atoms with E-state index in [4.69, 9.17) is 9.47 Å². The van der Waals surface area contributed by atoms with E-state index in [1.165, 1.54) is 7.14 Å². The van der Waals surface area contributed by atoms with Gasteiger partial charge in [0.05, 0.1) is 0 Å². The van der Waals surface area contributed by atoms with Gasteiger partial charge in [-0.2, -0.15) is 0 Å². The summed E-state index contributed by atoms with van der Waals surface area (Å²) in [5.41, 5.74) is 1.08. The van der Waals surface area contributed by atoms with E-state index < -0.39 is 11.2 Å². The van der Waals surface area contributed by atoms with Crippen molar-refractivity contribution in [2.45, 2.75) is 11.2 Å². The Morgan fingerprint density at radius 3 is 1.12 bits per heavy atom. The van der Waals surface area contributed by atoms with Crippen LogP contribution in [0.5, 0.6) is 0 Å². The van der Waals surface area contributed by atoms with Crippen molar-refractivity contribution < 1.29 is 9.47 Å². The lowest BCUT2D eigenvalue weighted by Gasteiger charge is -2.36. The molecule has 0 spiro atoms. The minimum absolute atomic E-state index is 0.560. The average Bonchev–Trinajstić information content (AvgIpc) is 2.63. The first-order valence-corrected chi connectivity index (χ1v) is 9.72. The summed E-state index contributed by atoms with van der Waals surface area (Å²) in [6.07, 6.45) is 8.32. The van der Waals surface area contributed by atoms with Crippen LogP contribution < -0.4 is 0 Å². The molecule has 4 heteroatoms. The van der Waals surface area contributed by atoms with E-state index in [9.17, 15) is 0 Å². The Morgan fingerprint density at radius 2 is 0.875 bits per heavy atom. The van der Waals surface area contributed by atoms with Gasteiger partial charge in [0.15, 0.2) is 0 Å². The van der Waals surface area contributed by atoms with Crippen molar-refractivity contribution in [2.24, 2.45) is 0 Å². The second-order valence-electron chi connectivity index (χ2n) is 5.67. The number of hydrogen-bond donors (Lipinski definition) is 0. The number of ether oxygens (including phenoxy) is 2. The third kappa shape index (κ3) is 3.34. The second-order valence-corrected chi connectivity index (χ2v) is 8.17. The highest BCUT2D eigenvalue weighted by atomic mass is 127. The molecule has 1 aliphatic rings. The molecule has 2 aromatic rings. The Bertz CT molecular complexity index is 682. The molecule has 0 amide bonds. The molecule has 2 aromatic carbocycles. The quantitative estimate of drug-likeness (QED) is 0.379. The number of rotatable bonds is 4. The molecule has 0 saturated heterocycles. The molecule has 124 valence electrons. The molecule has 0 unspecified atom stereocenters. The largest absolute Gasteiger partial charge is 0.365 e. The third-order valence-corrected chi connectivity index (χ3v) is 5.86. The summed E-state index contributed by atoms with van der Waals surface area (Å²) in [4.78, 5) is 0. The van der Waals surface area contributed by atoms with Gasteiger partial charge in [0.2, 0.25) is 0 Å². The van der Waals surface area contributed by atoms with Crippen molar-refractivity contribution in [1.82, 2.24) is 0 Å². The number of halogens is 2. The summed E-state index contributed by atoms with van der Waals surface area (Å²) in [6, 6.07) is 16.8. The van der Waals surface area contributed by atoms with Crippen molar-refractivity contribution in [3.05, 3.63) is 91.1 Å². The fourth-order valence-corrected chi connectivity index (χ4v) is 3.64. The van der Waals surface area contributed by atoms with Crippen molar-refractivity contribution >= 4 is 45.2 Å². The normalized spacial score (nSPS) is 25.8. The van der Waals surface area contributed by atoms with Crippen LogP contribution in [0.1, 0.15) is 11.1 Å². The van der Waals surface area contributed by atoms with Crippen molar-refractivity contribution in [3.8, 4) is 0 Å². The van der Waals surface area contributed by atoms with E-state index in [0.717, 1.165) is 11.1 Å². The minimum Gasteiger partial charge on any atom is -0.365 e. The van der Waals surface area contributed by atoms with Gasteiger partial charge in [0.1, 0.15) is 11.2 Å². The molecule has 0 heterocycles. The fourth-order valence-electron chi connectivity index (χ4n) is 2.92. The Balaban J connectivity index is 2.00. The Kier molecular flexibility index (Phi) is 5.48. The van der Waals surface area contributed by atoms with E-state index in [-0.39, 0.29) is 0 Å². The van der Waals surface area contributed by atoms with E-state index >= 15 is 0 Å². The van der Waals surface area contributed by atoms with Crippen LogP contribution in [0, 0.1) is 7.14 Å². The SMILES string of the molecule is CO[C@]1(c2ccc(I)cc2)C=C[C@@](OC)(c2ccc(I)cc2)C=C1. The summed E-state index contributed by atoms with van der Waals surface area (Å²) in [6.45, 7) is 0. The van der Waals surface area contributed by atoms with Crippen LogP contribution >= 0.6 is 45.2 Å². The molecular weight excluding hydrogens is 526 g/mol. The lowest BCUT2D eigenvalue weighted by atomic mass is 9.81. The van der Waals surface area contributed by atoms with Gasteiger partial charge in [-0.05, 0) is 105 Å². The highest BCUT2D eigenvalue weighted by Gasteiger charge is 2.36. The zero-order chi connectivity index (χ0) is 17.2. The van der Waals surface area contributed by atoms with E-state index in [1.54, 1.807) is 14.2 Å². The predicted molar refractivity (Wildman–Crippen MR) is 114 cm³/mol. The highest BCUT2D eigenvalue weighted by molar-refractivity contribution is 14.1. The number of benzene rings is 2. The molecule has 0 aliphatic heterocycles. The first-order valence-electron chi connectivity index (χ1n) is 7.57. The highest BCUT2D eigenvalue weighted by Crippen LogP contribution is 2.39. The van der Waals surface area contributed by atoms with E-state index in [1.807, 2.05) is 0 Å². The summed E-state index contributed by atoms with van der Waals surface area (Å²) < 4.78 is 14.1. The minimum atomic E-state index is -0.560. The molecule has 0 atom stereocenters. The molecule has 0 bridgehead atoms. The molecule has 0 fully saturated rings. The predicted octanol–water partition coefficient (Wildman–Crippen LogP) is 5.41.